The van der Waals surface area contributed by atoms with Crippen LogP contribution >= 0.6 is 0 Å². The maximum atomic E-state index is 14.3. The Labute approximate surface area is 694 Å². The molecule has 28 N–H and O–H groups in total. The molecule has 680 valence electrons. The van der Waals surface area contributed by atoms with Crippen LogP contribution < -0.4 is 97.0 Å². The fraction of sp³-hybridized carbons (Fsp3) is 0.730. The van der Waals surface area contributed by atoms with Gasteiger partial charge in [-0.15, -0.1) is 0 Å². The summed E-state index contributed by atoms with van der Waals surface area (Å²) in [6.45, 7) is 12.9. The molecule has 0 saturated carbocycles. The molecule has 0 aliphatic carbocycles. The fourth-order valence-corrected chi connectivity index (χ4v) is 12.1. The molecule has 16 amide bonds. The summed E-state index contributed by atoms with van der Waals surface area (Å²) < 4.78 is 0. The van der Waals surface area contributed by atoms with E-state index in [-0.39, 0.29) is 63.5 Å². The van der Waals surface area contributed by atoms with Crippen molar-refractivity contribution >= 4 is 118 Å². The Balaban J connectivity index is 3.25. The zero-order chi connectivity index (χ0) is 91.5. The molecule has 0 unspecified atom stereocenters. The van der Waals surface area contributed by atoms with Crippen molar-refractivity contribution in [3.63, 3.8) is 0 Å². The number of likely N-dealkylation sites (tertiary alicyclic amines) is 1. The zero-order valence-electron chi connectivity index (χ0n) is 69.8. The maximum Gasteiger partial charge on any atom is 0.326 e. The number of carbonyl (C=O) groups is 20. The van der Waals surface area contributed by atoms with E-state index in [0.29, 0.717) is 32.2 Å². The highest BCUT2D eigenvalue weighted by molar-refractivity contribution is 6.01. The van der Waals surface area contributed by atoms with E-state index in [1.54, 1.807) is 27.7 Å². The van der Waals surface area contributed by atoms with Crippen molar-refractivity contribution in [3.05, 3.63) is 0 Å². The minimum atomic E-state index is -1.91. The van der Waals surface area contributed by atoms with E-state index in [4.69, 9.17) is 22.3 Å². The molecule has 1 saturated heterocycles. The Kier molecular flexibility index (Phi) is 49.2. The lowest BCUT2D eigenvalue weighted by molar-refractivity contribution is -0.144. The highest BCUT2D eigenvalue weighted by Gasteiger charge is 2.42. The number of carbonyl (C=O) groups excluding carboxylic acids is 16. The van der Waals surface area contributed by atoms with E-state index in [0.717, 1.165) is 11.8 Å². The van der Waals surface area contributed by atoms with Crippen LogP contribution in [0.1, 0.15) is 172 Å². The lowest BCUT2D eigenvalue weighted by Gasteiger charge is -2.31. The van der Waals surface area contributed by atoms with Crippen LogP contribution in [0.5, 0.6) is 0 Å². The van der Waals surface area contributed by atoms with Crippen LogP contribution in [0.25, 0.3) is 0 Å². The number of aliphatic hydroxyl groups excluding tert-OH is 3. The Morgan fingerprint density at radius 3 is 1.21 bits per heavy atom. The number of nitrogens with two attached hydrogens (primary N) is 3. The van der Waals surface area contributed by atoms with Crippen molar-refractivity contribution < 1.29 is 132 Å². The van der Waals surface area contributed by atoms with Crippen LogP contribution in [0.4, 0.5) is 0 Å². The number of unbranched alkanes of at least 4 members (excludes halogenated alkanes) is 2. The van der Waals surface area contributed by atoms with Crippen LogP contribution in [-0.4, -0.2) is 302 Å². The average molecular weight is 1710 g/mol. The van der Waals surface area contributed by atoms with Gasteiger partial charge in [-0.25, -0.2) is 4.79 Å². The second kappa shape index (κ2) is 55.1. The molecule has 0 bridgehead atoms. The summed E-state index contributed by atoms with van der Waals surface area (Å²) in [6, 6.07) is -21.6. The van der Waals surface area contributed by atoms with E-state index in [1.807, 2.05) is 5.32 Å². The molecule has 15 atom stereocenters. The summed E-state index contributed by atoms with van der Waals surface area (Å²) in [5, 5.41) is 104. The van der Waals surface area contributed by atoms with Gasteiger partial charge < -0.3 is 138 Å². The molecule has 0 radical (unpaired) electrons. The first-order valence-corrected chi connectivity index (χ1v) is 39.8. The Bertz CT molecular complexity index is 3510. The quantitative estimate of drug-likeness (QED) is 0.0252. The van der Waals surface area contributed by atoms with Gasteiger partial charge in [-0.05, 0) is 120 Å². The molecule has 1 aliphatic heterocycles. The molecule has 0 aromatic heterocycles. The standard InChI is InChI=1S/C74H127N19O27/c1-35(2)27-45(85-63(108)42(18-13-15-25-76)83-66(111)48(33-94)87-61(106)41(77)17-12-14-24-75)62(107)79-32-53(99)82-46(29-56(104)105)65(110)89-58(38(7)8)70(115)90-59(39(9)10)71(116)92-60(40(11)96)72(117)91-57(37(5)6)69(114)88-49(34-95)67(112)86-47(28-36(3)4)73(118)93-26-16-19-50(93)68(113)80-30-51(97)78-31-52(98)81-43(20-22-54(100)101)64(109)84-44(74(119)120)21-23-55(102)103/h35-50,57-60,94-96H,12-34,75-77H2,1-11H3,(H,78,97)(H,79,107)(H,80,113)(H,81,98)(H,82,99)(H,83,111)(H,84,109)(H,85,108)(H,86,112)(H,87,106)(H,88,114)(H,89,110)(H,90,115)(H,91,117)(H,92,116)(H,100,101)(H,102,103)(H,104,105)(H,119,120)/t40-,41+,42+,43+,44+,45+,46+,47+,48+,49+,50+,57+,58+,59+,60+/m1/s1. The highest BCUT2D eigenvalue weighted by Crippen LogP contribution is 2.22. The summed E-state index contributed by atoms with van der Waals surface area (Å²) in [5.41, 5.74) is 17.2. The van der Waals surface area contributed by atoms with E-state index in [2.05, 4.69) is 74.4 Å². The van der Waals surface area contributed by atoms with Crippen LogP contribution in [0.3, 0.4) is 0 Å². The average Bonchev–Trinajstić information content (AvgIpc) is 1.63. The van der Waals surface area contributed by atoms with Gasteiger partial charge in [-0.3, -0.25) is 91.1 Å². The molecule has 1 aliphatic rings. The molecule has 46 heteroatoms. The number of aliphatic carboxylic acids is 4. The normalized spacial score (nSPS) is 16.1. The van der Waals surface area contributed by atoms with Crippen molar-refractivity contribution in [3.8, 4) is 0 Å². The van der Waals surface area contributed by atoms with Crippen LogP contribution in [0.15, 0.2) is 0 Å². The van der Waals surface area contributed by atoms with Crippen molar-refractivity contribution in [2.45, 2.75) is 263 Å². The predicted octanol–water partition coefficient (Wildman–Crippen LogP) is -8.56. The van der Waals surface area contributed by atoms with Gasteiger partial charge in [0.25, 0.3) is 0 Å². The predicted molar refractivity (Wildman–Crippen MR) is 424 cm³/mol. The van der Waals surface area contributed by atoms with Crippen LogP contribution in [0.2, 0.25) is 0 Å². The molecular formula is C74H127N19O27. The molecule has 1 fully saturated rings. The largest absolute Gasteiger partial charge is 0.481 e. The molecule has 120 heavy (non-hydrogen) atoms. The summed E-state index contributed by atoms with van der Waals surface area (Å²) in [4.78, 5) is 265. The Morgan fingerprint density at radius 2 is 0.750 bits per heavy atom. The van der Waals surface area contributed by atoms with Gasteiger partial charge in [0.2, 0.25) is 94.5 Å². The number of aliphatic hydroxyl groups is 3. The third-order valence-corrected chi connectivity index (χ3v) is 18.7. The molecule has 1 heterocycles. The fourth-order valence-electron chi connectivity index (χ4n) is 12.1. The number of nitrogens with zero attached hydrogens (tertiary/aromatic N) is 1. The molecule has 0 aromatic rings. The highest BCUT2D eigenvalue weighted by atomic mass is 16.4. The summed E-state index contributed by atoms with van der Waals surface area (Å²) in [7, 11) is 0. The zero-order valence-corrected chi connectivity index (χ0v) is 69.8. The minimum absolute atomic E-state index is 0.00717. The lowest BCUT2D eigenvalue weighted by Crippen LogP contribution is -2.63. The van der Waals surface area contributed by atoms with E-state index in [1.165, 1.54) is 41.5 Å². The minimum Gasteiger partial charge on any atom is -0.481 e. The monoisotopic (exact) mass is 1710 g/mol. The van der Waals surface area contributed by atoms with Gasteiger partial charge in [0.1, 0.15) is 78.5 Å². The number of hydrogen-bond acceptors (Lipinski definition) is 26. The summed E-state index contributed by atoms with van der Waals surface area (Å²) in [5.74, 6) is -25.1. The first-order valence-electron chi connectivity index (χ1n) is 39.8. The first kappa shape index (κ1) is 107. The third kappa shape index (κ3) is 39.8. The van der Waals surface area contributed by atoms with Gasteiger partial charge in [-0.2, -0.15) is 0 Å². The Hall–Kier alpha value is -10.8. The van der Waals surface area contributed by atoms with Crippen molar-refractivity contribution in [2.24, 2.45) is 46.8 Å². The van der Waals surface area contributed by atoms with Gasteiger partial charge >= 0.3 is 23.9 Å². The van der Waals surface area contributed by atoms with Gasteiger partial charge in [0.05, 0.1) is 51.4 Å². The lowest BCUT2D eigenvalue weighted by atomic mass is 9.98. The SMILES string of the molecule is CC(C)C[C@H](NC(=O)[C@H](CCCCN)NC(=O)[C@H](CO)NC(=O)[C@@H](N)CCCCN)C(=O)NCC(=O)N[C@@H](CC(=O)O)C(=O)N[C@H](C(=O)N[C@H](C(=O)N[C@H](C(=O)N[C@H](C(=O)N[C@@H](CO)C(=O)N[C@@H](CC(C)C)C(=O)N1CCC[C@H]1C(=O)NCC(=O)NCC(=O)N[C@@H](CCC(=O)O)C(=O)N[C@@H](CCC(=O)O)C(=O)O)C(C)C)[C@@H](C)O)C(C)C)C(C)C. The second-order valence-corrected chi connectivity index (χ2v) is 31.0. The number of amides is 16. The number of carboxylic acids is 4. The van der Waals surface area contributed by atoms with Crippen molar-refractivity contribution in [1.29, 1.82) is 0 Å². The van der Waals surface area contributed by atoms with Gasteiger partial charge in [0.15, 0.2) is 0 Å². The third-order valence-electron chi connectivity index (χ3n) is 18.7. The molecule has 1 rings (SSSR count). The van der Waals surface area contributed by atoms with E-state index >= 15 is 0 Å². The summed E-state index contributed by atoms with van der Waals surface area (Å²) in [6.07, 6.45) is -2.90. The Morgan fingerprint density at radius 1 is 0.375 bits per heavy atom. The van der Waals surface area contributed by atoms with Crippen LogP contribution in [-0.2, 0) is 95.9 Å². The van der Waals surface area contributed by atoms with Crippen molar-refractivity contribution in [2.75, 3.05) is 52.5 Å². The number of hydrogen-bond donors (Lipinski definition) is 25. The van der Waals surface area contributed by atoms with Gasteiger partial charge in [0, 0.05) is 19.4 Å². The second-order valence-electron chi connectivity index (χ2n) is 31.0. The summed E-state index contributed by atoms with van der Waals surface area (Å²) >= 11 is 0. The van der Waals surface area contributed by atoms with E-state index in [9.17, 15) is 127 Å². The topological polar surface area (TPSA) is 745 Å². The maximum absolute atomic E-state index is 14.3. The number of rotatable bonds is 58. The molecule has 0 spiro atoms. The smallest absolute Gasteiger partial charge is 0.326 e. The van der Waals surface area contributed by atoms with Crippen LogP contribution in [0, 0.1) is 29.6 Å². The molecule has 0 aromatic carbocycles. The molecular weight excluding hydrogens is 1590 g/mol. The number of nitrogens with one attached hydrogen (secondary N) is 15. The van der Waals surface area contributed by atoms with Gasteiger partial charge in [-0.1, -0.05) is 75.7 Å². The van der Waals surface area contributed by atoms with Crippen molar-refractivity contribution in [1.82, 2.24) is 84.7 Å². The number of carboxylic acid groups (broad SMARTS) is 4. The van der Waals surface area contributed by atoms with E-state index < -0.39 is 292 Å². The molecule has 46 nitrogen and oxygen atoms in total. The first-order chi connectivity index (χ1) is 56.1.